The number of phenols is 2. The molecule has 2 N–H and O–H groups in total. The van der Waals surface area contributed by atoms with Crippen molar-refractivity contribution in [2.24, 2.45) is 5.41 Å². The average molecular weight is 258 g/mol. The van der Waals surface area contributed by atoms with Gasteiger partial charge in [0.2, 0.25) is 5.30 Å². The second-order valence-corrected chi connectivity index (χ2v) is 6.81. The Hall–Kier alpha value is -0.870. The minimum absolute atomic E-state index is 0.157. The van der Waals surface area contributed by atoms with Gasteiger partial charge in [0.25, 0.3) is 7.94 Å². The average Bonchev–Trinajstić information content (AvgIpc) is 2.23. The van der Waals surface area contributed by atoms with Gasteiger partial charge in [-0.05, 0) is 12.1 Å². The van der Waals surface area contributed by atoms with E-state index >= 15 is 0 Å². The first-order valence-electron chi connectivity index (χ1n) is 5.25. The zero-order valence-corrected chi connectivity index (χ0v) is 10.6. The van der Waals surface area contributed by atoms with Gasteiger partial charge in [-0.2, -0.15) is 0 Å². The van der Waals surface area contributed by atoms with Crippen LogP contribution in [0.2, 0.25) is 0 Å². The van der Waals surface area contributed by atoms with Crippen molar-refractivity contribution in [3.8, 4) is 11.5 Å². The van der Waals surface area contributed by atoms with Crippen molar-refractivity contribution in [2.75, 3.05) is 13.2 Å². The molecule has 0 bridgehead atoms. The molecule has 0 amide bonds. The molecule has 0 spiro atoms. The van der Waals surface area contributed by atoms with Crippen LogP contribution in [0.5, 0.6) is 11.5 Å². The number of hydrogen-bond donors (Lipinski definition) is 2. The predicted molar refractivity (Wildman–Crippen MR) is 62.0 cm³/mol. The Kier molecular flexibility index (Phi) is 3.04. The van der Waals surface area contributed by atoms with Crippen molar-refractivity contribution in [3.63, 3.8) is 0 Å². The Morgan fingerprint density at radius 2 is 1.65 bits per heavy atom. The van der Waals surface area contributed by atoms with Gasteiger partial charge in [-0.15, -0.1) is 0 Å². The van der Waals surface area contributed by atoms with Crippen LogP contribution in [0.3, 0.4) is 0 Å². The highest BCUT2D eigenvalue weighted by Crippen LogP contribution is 2.59. The monoisotopic (exact) mass is 258 g/mol. The number of hydrogen-bond acceptors (Lipinski definition) is 5. The Morgan fingerprint density at radius 1 is 1.18 bits per heavy atom. The fraction of sp³-hybridized carbons (Fsp3) is 0.455. The van der Waals surface area contributed by atoms with Crippen molar-refractivity contribution >= 4 is 13.2 Å². The minimum atomic E-state index is -3.62. The Bertz CT molecular complexity index is 402. The molecular weight excluding hydrogens is 243 g/mol. The number of benzene rings is 1. The second kappa shape index (κ2) is 4.10. The first kappa shape index (κ1) is 12.6. The maximum Gasteiger partial charge on any atom is 0.278 e. The van der Waals surface area contributed by atoms with Gasteiger partial charge in [0.05, 0.1) is 0 Å². The van der Waals surface area contributed by atoms with Gasteiger partial charge in [0, 0.05) is 5.41 Å². The van der Waals surface area contributed by atoms with Gasteiger partial charge in [-0.1, -0.05) is 19.9 Å². The van der Waals surface area contributed by atoms with E-state index in [0.29, 0.717) is 0 Å². The molecule has 5 nitrogen and oxygen atoms in total. The highest BCUT2D eigenvalue weighted by Gasteiger charge is 2.46. The van der Waals surface area contributed by atoms with Crippen LogP contribution in [0.25, 0.3) is 0 Å². The SMILES string of the molecule is CC1(C)CO[P+]([O-])(c2c(O)cccc2O)OC1. The van der Waals surface area contributed by atoms with Crippen LogP contribution in [0.1, 0.15) is 13.8 Å². The van der Waals surface area contributed by atoms with Crippen LogP contribution in [-0.2, 0) is 9.05 Å². The molecule has 1 aromatic carbocycles. The summed E-state index contributed by atoms with van der Waals surface area (Å²) in [6, 6.07) is 4.12. The standard InChI is InChI=1S/C11H15O5P/c1-11(2)6-15-17(14,16-7-11)10-8(12)4-3-5-9(10)13/h3-5,12-13H,6-7H2,1-2H3. The molecule has 1 aliphatic heterocycles. The van der Waals surface area contributed by atoms with E-state index in [-0.39, 0.29) is 35.4 Å². The van der Waals surface area contributed by atoms with Crippen molar-refractivity contribution in [1.29, 1.82) is 0 Å². The maximum absolute atomic E-state index is 12.4. The van der Waals surface area contributed by atoms with Crippen molar-refractivity contribution in [3.05, 3.63) is 18.2 Å². The first-order valence-corrected chi connectivity index (χ1v) is 6.79. The molecule has 0 saturated carbocycles. The predicted octanol–water partition coefficient (Wildman–Crippen LogP) is 0.919. The van der Waals surface area contributed by atoms with Crippen LogP contribution in [0, 0.1) is 5.41 Å². The largest absolute Gasteiger partial charge is 0.627 e. The van der Waals surface area contributed by atoms with Gasteiger partial charge < -0.3 is 15.1 Å². The van der Waals surface area contributed by atoms with E-state index < -0.39 is 7.94 Å². The summed E-state index contributed by atoms with van der Waals surface area (Å²) in [4.78, 5) is 12.4. The van der Waals surface area contributed by atoms with E-state index in [9.17, 15) is 15.1 Å². The molecule has 2 rings (SSSR count). The van der Waals surface area contributed by atoms with Gasteiger partial charge >= 0.3 is 0 Å². The number of phenolic OH excluding ortho intramolecular Hbond substituents is 2. The summed E-state index contributed by atoms with van der Waals surface area (Å²) in [6.07, 6.45) is 0. The highest BCUT2D eigenvalue weighted by atomic mass is 31.2. The van der Waals surface area contributed by atoms with E-state index in [4.69, 9.17) is 9.05 Å². The smallest absolute Gasteiger partial charge is 0.278 e. The molecule has 6 heteroatoms. The molecular formula is C11H15O5P. The van der Waals surface area contributed by atoms with Crippen LogP contribution in [0.4, 0.5) is 0 Å². The summed E-state index contributed by atoms with van der Waals surface area (Å²) in [7, 11) is -3.62. The normalized spacial score (nSPS) is 22.3. The number of rotatable bonds is 1. The molecule has 1 heterocycles. The third-order valence-corrected chi connectivity index (χ3v) is 4.46. The van der Waals surface area contributed by atoms with E-state index in [2.05, 4.69) is 0 Å². The third-order valence-electron chi connectivity index (χ3n) is 2.52. The molecule has 1 aliphatic rings. The summed E-state index contributed by atoms with van der Waals surface area (Å²) in [5.74, 6) is -0.568. The highest BCUT2D eigenvalue weighted by molar-refractivity contribution is 7.67. The topological polar surface area (TPSA) is 82.0 Å². The lowest BCUT2D eigenvalue weighted by molar-refractivity contribution is -0.227. The van der Waals surface area contributed by atoms with Crippen LogP contribution >= 0.6 is 7.94 Å². The van der Waals surface area contributed by atoms with Gasteiger partial charge in [0.1, 0.15) is 13.2 Å². The molecule has 0 atom stereocenters. The molecule has 0 radical (unpaired) electrons. The lowest BCUT2D eigenvalue weighted by Crippen LogP contribution is -2.39. The molecule has 94 valence electrons. The summed E-state index contributed by atoms with van der Waals surface area (Å²) in [6.45, 7) is 4.33. The molecule has 1 saturated heterocycles. The van der Waals surface area contributed by atoms with E-state index in [0.717, 1.165) is 0 Å². The van der Waals surface area contributed by atoms with Crippen molar-refractivity contribution in [1.82, 2.24) is 0 Å². The van der Waals surface area contributed by atoms with E-state index in [1.54, 1.807) is 0 Å². The zero-order valence-electron chi connectivity index (χ0n) is 9.71. The molecule has 1 aromatic rings. The van der Waals surface area contributed by atoms with Gasteiger partial charge in [-0.3, -0.25) is 0 Å². The molecule has 0 aliphatic carbocycles. The Balaban J connectivity index is 2.34. The fourth-order valence-electron chi connectivity index (χ4n) is 1.53. The molecule has 1 fully saturated rings. The Labute approximate surface area is 100 Å². The summed E-state index contributed by atoms with van der Waals surface area (Å²) in [5, 5.41) is 19.1. The molecule has 0 unspecified atom stereocenters. The lowest BCUT2D eigenvalue weighted by atomic mass is 9.97. The summed E-state index contributed by atoms with van der Waals surface area (Å²) in [5.41, 5.74) is -0.228. The first-order chi connectivity index (χ1) is 7.84. The third kappa shape index (κ3) is 2.38. The quantitative estimate of drug-likeness (QED) is 0.732. The Morgan fingerprint density at radius 3 is 2.12 bits per heavy atom. The summed E-state index contributed by atoms with van der Waals surface area (Å²) < 4.78 is 10.5. The lowest BCUT2D eigenvalue weighted by Gasteiger charge is -2.37. The minimum Gasteiger partial charge on any atom is -0.627 e. The van der Waals surface area contributed by atoms with Crippen LogP contribution in [-0.4, -0.2) is 23.4 Å². The van der Waals surface area contributed by atoms with Gasteiger partial charge in [0.15, 0.2) is 11.5 Å². The molecule has 0 aromatic heterocycles. The molecule has 17 heavy (non-hydrogen) atoms. The van der Waals surface area contributed by atoms with Crippen molar-refractivity contribution in [2.45, 2.75) is 13.8 Å². The second-order valence-electron chi connectivity index (χ2n) is 4.85. The maximum atomic E-state index is 12.4. The van der Waals surface area contributed by atoms with Crippen LogP contribution in [0.15, 0.2) is 18.2 Å². The number of aromatic hydroxyl groups is 2. The zero-order chi connectivity index (χ0) is 12.7. The fourth-order valence-corrected chi connectivity index (χ4v) is 3.61. The summed E-state index contributed by atoms with van der Waals surface area (Å²) >= 11 is 0. The van der Waals surface area contributed by atoms with Gasteiger partial charge in [-0.25, -0.2) is 9.05 Å². The van der Waals surface area contributed by atoms with E-state index in [1.165, 1.54) is 18.2 Å². The van der Waals surface area contributed by atoms with Crippen LogP contribution < -0.4 is 10.2 Å². The van der Waals surface area contributed by atoms with E-state index in [1.807, 2.05) is 13.8 Å². The van der Waals surface area contributed by atoms with Crippen molar-refractivity contribution < 1.29 is 24.2 Å².